The molecule has 1 aromatic carbocycles. The lowest BCUT2D eigenvalue weighted by atomic mass is 10.2. The molecule has 0 saturated heterocycles. The molecule has 3 rings (SSSR count). The highest BCUT2D eigenvalue weighted by Crippen LogP contribution is 2.27. The molecular weight excluding hydrogens is 406 g/mol. The van der Waals surface area contributed by atoms with Crippen molar-refractivity contribution in [2.24, 2.45) is 0 Å². The number of thioether (sulfide) groups is 1. The third-order valence-corrected chi connectivity index (χ3v) is 5.24. The molecular formula is C21H21N3O5S. The molecule has 0 spiro atoms. The Bertz CT molecular complexity index is 1170. The Morgan fingerprint density at radius 1 is 1.37 bits per heavy atom. The summed E-state index contributed by atoms with van der Waals surface area (Å²) in [7, 11) is 0. The minimum Gasteiger partial charge on any atom is -0.462 e. The number of aromatic nitrogens is 2. The number of hydrogen-bond donors (Lipinski definition) is 1. The summed E-state index contributed by atoms with van der Waals surface area (Å²) >= 11 is 1.54. The molecule has 8 nitrogen and oxygen atoms in total. The molecule has 9 heteroatoms. The first-order valence-corrected chi connectivity index (χ1v) is 10.2. The number of hydrogen-bond acceptors (Lipinski definition) is 7. The smallest absolute Gasteiger partial charge is 0.342 e. The van der Waals surface area contributed by atoms with E-state index in [2.05, 4.69) is 16.9 Å². The quantitative estimate of drug-likeness (QED) is 0.334. The van der Waals surface area contributed by atoms with E-state index >= 15 is 0 Å². The van der Waals surface area contributed by atoms with Crippen molar-refractivity contribution >= 4 is 40.4 Å². The van der Waals surface area contributed by atoms with Crippen LogP contribution in [0.2, 0.25) is 0 Å². The standard InChI is InChI=1S/C21H21N3O5S/c1-4-10-30-15-9-7-6-8-14(15)23-16(25)11-24-12-22-19-18(20(24)26)17(13(3)29-19)21(27)28-5-2/h4,6-9,12H,1,5,10-11H2,2-3H3,(H,23,25). The fraction of sp³-hybridized carbons (Fsp3) is 0.238. The number of aryl methyl sites for hydroxylation is 1. The lowest BCUT2D eigenvalue weighted by Gasteiger charge is -2.11. The fourth-order valence-electron chi connectivity index (χ4n) is 2.89. The Morgan fingerprint density at radius 3 is 2.87 bits per heavy atom. The van der Waals surface area contributed by atoms with E-state index in [0.29, 0.717) is 11.4 Å². The summed E-state index contributed by atoms with van der Waals surface area (Å²) in [6.45, 7) is 6.81. The van der Waals surface area contributed by atoms with Gasteiger partial charge in [-0.15, -0.1) is 18.3 Å². The van der Waals surface area contributed by atoms with Crippen LogP contribution in [0.4, 0.5) is 5.69 Å². The van der Waals surface area contributed by atoms with E-state index < -0.39 is 17.4 Å². The first-order valence-electron chi connectivity index (χ1n) is 9.24. The van der Waals surface area contributed by atoms with E-state index in [4.69, 9.17) is 9.15 Å². The molecule has 30 heavy (non-hydrogen) atoms. The van der Waals surface area contributed by atoms with Gasteiger partial charge in [-0.05, 0) is 26.0 Å². The largest absolute Gasteiger partial charge is 0.462 e. The zero-order valence-electron chi connectivity index (χ0n) is 16.6. The third kappa shape index (κ3) is 4.46. The van der Waals surface area contributed by atoms with Crippen molar-refractivity contribution in [3.8, 4) is 0 Å². The minimum atomic E-state index is -0.664. The second kappa shape index (κ2) is 9.45. The Balaban J connectivity index is 1.88. The maximum atomic E-state index is 12.9. The van der Waals surface area contributed by atoms with Gasteiger partial charge in [0.05, 0.1) is 12.3 Å². The van der Waals surface area contributed by atoms with E-state index in [1.165, 1.54) is 18.1 Å². The van der Waals surface area contributed by atoms with Gasteiger partial charge in [-0.1, -0.05) is 18.2 Å². The van der Waals surface area contributed by atoms with E-state index in [1.54, 1.807) is 26.0 Å². The minimum absolute atomic E-state index is 0.00295. The van der Waals surface area contributed by atoms with Crippen LogP contribution in [0.1, 0.15) is 23.0 Å². The van der Waals surface area contributed by atoms with Gasteiger partial charge in [0, 0.05) is 10.6 Å². The Morgan fingerprint density at radius 2 is 2.13 bits per heavy atom. The molecule has 1 amide bonds. The number of nitrogens with one attached hydrogen (secondary N) is 1. The van der Waals surface area contributed by atoms with Crippen molar-refractivity contribution in [2.45, 2.75) is 25.3 Å². The summed E-state index contributed by atoms with van der Waals surface area (Å²) in [6, 6.07) is 7.37. The Hall–Kier alpha value is -3.33. The van der Waals surface area contributed by atoms with Crippen LogP contribution in [0.5, 0.6) is 0 Å². The number of anilines is 1. The second-order valence-electron chi connectivity index (χ2n) is 6.26. The van der Waals surface area contributed by atoms with Crippen LogP contribution in [-0.4, -0.2) is 33.8 Å². The number of nitrogens with zero attached hydrogens (tertiary/aromatic N) is 2. The number of fused-ring (bicyclic) bond motifs is 1. The van der Waals surface area contributed by atoms with Gasteiger partial charge in [0.2, 0.25) is 11.6 Å². The number of rotatable bonds is 8. The molecule has 0 fully saturated rings. The number of esters is 1. The number of furan rings is 1. The molecule has 1 N–H and O–H groups in total. The molecule has 2 aromatic heterocycles. The summed E-state index contributed by atoms with van der Waals surface area (Å²) in [5, 5.41) is 2.81. The number of para-hydroxylation sites is 1. The molecule has 0 aliphatic rings. The molecule has 0 unspecified atom stereocenters. The summed E-state index contributed by atoms with van der Waals surface area (Å²) in [6.07, 6.45) is 3.00. The summed E-state index contributed by atoms with van der Waals surface area (Å²) in [4.78, 5) is 42.7. The summed E-state index contributed by atoms with van der Waals surface area (Å²) in [5.41, 5.74) is 0.154. The lowest BCUT2D eigenvalue weighted by Crippen LogP contribution is -2.28. The predicted molar refractivity (Wildman–Crippen MR) is 115 cm³/mol. The number of carbonyl (C=O) groups is 2. The number of benzene rings is 1. The van der Waals surface area contributed by atoms with E-state index in [1.807, 2.05) is 18.2 Å². The van der Waals surface area contributed by atoms with E-state index in [-0.39, 0.29) is 35.6 Å². The number of amides is 1. The van der Waals surface area contributed by atoms with Crippen LogP contribution in [0, 0.1) is 6.92 Å². The lowest BCUT2D eigenvalue weighted by molar-refractivity contribution is -0.116. The molecule has 0 atom stereocenters. The van der Waals surface area contributed by atoms with Gasteiger partial charge in [0.15, 0.2) is 0 Å². The highest BCUT2D eigenvalue weighted by atomic mass is 32.2. The van der Waals surface area contributed by atoms with Crippen molar-refractivity contribution in [2.75, 3.05) is 17.7 Å². The van der Waals surface area contributed by atoms with Gasteiger partial charge in [0.25, 0.3) is 5.56 Å². The molecule has 0 radical (unpaired) electrons. The SMILES string of the molecule is C=CCSc1ccccc1NC(=O)Cn1cnc2oc(C)c(C(=O)OCC)c2c1=O. The maximum Gasteiger partial charge on any atom is 0.342 e. The predicted octanol–water partition coefficient (Wildman–Crippen LogP) is 3.39. The Labute approximate surface area is 176 Å². The van der Waals surface area contributed by atoms with E-state index in [9.17, 15) is 14.4 Å². The molecule has 2 heterocycles. The van der Waals surface area contributed by atoms with Crippen LogP contribution in [-0.2, 0) is 16.1 Å². The first kappa shape index (κ1) is 21.4. The fourth-order valence-corrected chi connectivity index (χ4v) is 3.63. The molecule has 0 bridgehead atoms. The normalized spacial score (nSPS) is 10.7. The molecule has 0 saturated carbocycles. The molecule has 3 aromatic rings. The number of ether oxygens (including phenoxy) is 1. The highest BCUT2D eigenvalue weighted by Gasteiger charge is 2.24. The number of carbonyl (C=O) groups excluding carboxylic acids is 2. The Kier molecular flexibility index (Phi) is 6.73. The third-order valence-electron chi connectivity index (χ3n) is 4.17. The second-order valence-corrected chi connectivity index (χ2v) is 7.32. The van der Waals surface area contributed by atoms with Gasteiger partial charge in [-0.25, -0.2) is 9.78 Å². The van der Waals surface area contributed by atoms with Crippen LogP contribution >= 0.6 is 11.8 Å². The molecule has 0 aliphatic carbocycles. The van der Waals surface area contributed by atoms with Crippen molar-refractivity contribution in [3.05, 3.63) is 64.9 Å². The van der Waals surface area contributed by atoms with Gasteiger partial charge in [-0.3, -0.25) is 14.2 Å². The van der Waals surface area contributed by atoms with Crippen molar-refractivity contribution in [1.29, 1.82) is 0 Å². The molecule has 156 valence electrons. The van der Waals surface area contributed by atoms with Gasteiger partial charge in [-0.2, -0.15) is 0 Å². The summed E-state index contributed by atoms with van der Waals surface area (Å²) < 4.78 is 11.6. The van der Waals surface area contributed by atoms with Crippen molar-refractivity contribution < 1.29 is 18.7 Å². The van der Waals surface area contributed by atoms with Crippen LogP contribution < -0.4 is 10.9 Å². The van der Waals surface area contributed by atoms with Gasteiger partial charge < -0.3 is 14.5 Å². The zero-order valence-corrected chi connectivity index (χ0v) is 17.5. The van der Waals surface area contributed by atoms with Gasteiger partial charge in [0.1, 0.15) is 29.6 Å². The molecule has 0 aliphatic heterocycles. The highest BCUT2D eigenvalue weighted by molar-refractivity contribution is 7.99. The van der Waals surface area contributed by atoms with Crippen LogP contribution in [0.15, 0.2) is 57.4 Å². The average molecular weight is 427 g/mol. The van der Waals surface area contributed by atoms with Crippen LogP contribution in [0.3, 0.4) is 0 Å². The average Bonchev–Trinajstić information content (AvgIpc) is 3.06. The van der Waals surface area contributed by atoms with Gasteiger partial charge >= 0.3 is 5.97 Å². The van der Waals surface area contributed by atoms with E-state index in [0.717, 1.165) is 9.46 Å². The summed E-state index contributed by atoms with van der Waals surface area (Å²) in [5.74, 6) is -0.127. The first-order chi connectivity index (χ1) is 14.5. The topological polar surface area (TPSA) is 103 Å². The van der Waals surface area contributed by atoms with Crippen molar-refractivity contribution in [3.63, 3.8) is 0 Å². The zero-order chi connectivity index (χ0) is 21.7. The monoisotopic (exact) mass is 427 g/mol. The van der Waals surface area contributed by atoms with Crippen LogP contribution in [0.25, 0.3) is 11.1 Å². The maximum absolute atomic E-state index is 12.9. The van der Waals surface area contributed by atoms with Crippen molar-refractivity contribution in [1.82, 2.24) is 9.55 Å².